The summed E-state index contributed by atoms with van der Waals surface area (Å²) >= 11 is 0. The third-order valence-corrected chi connectivity index (χ3v) is 2.81. The van der Waals surface area contributed by atoms with Crippen LogP contribution in [0.15, 0.2) is 30.3 Å². The Morgan fingerprint density at radius 1 is 1.25 bits per heavy atom. The third-order valence-electron chi connectivity index (χ3n) is 2.81. The molecular weight excluding hydrogens is 258 g/mol. The fraction of sp³-hybridized carbons (Fsp3) is 0.154. The monoisotopic (exact) mass is 271 g/mol. The number of nitrogens with one attached hydrogen (secondary N) is 1. The molecule has 20 heavy (non-hydrogen) atoms. The molecular formula is C13H13N5O2. The van der Waals surface area contributed by atoms with Crippen molar-refractivity contribution in [3.05, 3.63) is 35.9 Å². The van der Waals surface area contributed by atoms with E-state index in [0.29, 0.717) is 29.3 Å². The minimum absolute atomic E-state index is 0.340. The number of methoxy groups -OCH3 is 1. The summed E-state index contributed by atoms with van der Waals surface area (Å²) in [5.74, 6) is 1.67. The van der Waals surface area contributed by atoms with Crippen molar-refractivity contribution < 1.29 is 9.47 Å². The Hall–Kier alpha value is -2.83. The molecule has 1 aromatic carbocycles. The van der Waals surface area contributed by atoms with E-state index in [-0.39, 0.29) is 0 Å². The van der Waals surface area contributed by atoms with Crippen molar-refractivity contribution in [2.24, 2.45) is 0 Å². The second kappa shape index (κ2) is 5.04. The highest BCUT2D eigenvalue weighted by Gasteiger charge is 2.09. The second-order valence-electron chi connectivity index (χ2n) is 4.18. The van der Waals surface area contributed by atoms with Crippen LogP contribution >= 0.6 is 0 Å². The molecule has 3 aromatic rings. The van der Waals surface area contributed by atoms with E-state index >= 15 is 0 Å². The number of pyridine rings is 1. The molecule has 3 N–H and O–H groups in total. The first-order chi connectivity index (χ1) is 9.76. The standard InChI is InChI=1S/C13H13N5O2/c1-19-9-4-2-3-8(5-9)7-20-10-6-11(14)15-13-12(10)16-18-17-13/h2-6H,7H2,1H3,(H3,14,15,16,17,18). The summed E-state index contributed by atoms with van der Waals surface area (Å²) in [7, 11) is 1.63. The largest absolute Gasteiger partial charge is 0.497 e. The van der Waals surface area contributed by atoms with Gasteiger partial charge >= 0.3 is 0 Å². The van der Waals surface area contributed by atoms with Gasteiger partial charge in [-0.1, -0.05) is 12.1 Å². The zero-order valence-electron chi connectivity index (χ0n) is 10.8. The van der Waals surface area contributed by atoms with E-state index < -0.39 is 0 Å². The molecule has 2 heterocycles. The van der Waals surface area contributed by atoms with Crippen molar-refractivity contribution in [2.45, 2.75) is 6.61 Å². The summed E-state index contributed by atoms with van der Waals surface area (Å²) in [5, 5.41) is 10.4. The second-order valence-corrected chi connectivity index (χ2v) is 4.18. The van der Waals surface area contributed by atoms with Crippen LogP contribution in [0.1, 0.15) is 5.56 Å². The molecule has 3 rings (SSSR count). The van der Waals surface area contributed by atoms with Gasteiger partial charge < -0.3 is 15.2 Å². The van der Waals surface area contributed by atoms with Crippen molar-refractivity contribution >= 4 is 17.0 Å². The lowest BCUT2D eigenvalue weighted by atomic mass is 10.2. The van der Waals surface area contributed by atoms with Crippen molar-refractivity contribution in [3.8, 4) is 11.5 Å². The van der Waals surface area contributed by atoms with Gasteiger partial charge in [0.05, 0.1) is 7.11 Å². The molecule has 2 aromatic heterocycles. The van der Waals surface area contributed by atoms with E-state index in [4.69, 9.17) is 15.2 Å². The van der Waals surface area contributed by atoms with Crippen LogP contribution in [0.4, 0.5) is 5.82 Å². The third kappa shape index (κ3) is 2.33. The van der Waals surface area contributed by atoms with Crippen LogP contribution in [0.5, 0.6) is 11.5 Å². The number of anilines is 1. The summed E-state index contributed by atoms with van der Waals surface area (Å²) in [6.07, 6.45) is 0. The molecule has 0 aliphatic heterocycles. The normalized spacial score (nSPS) is 10.7. The van der Waals surface area contributed by atoms with Gasteiger partial charge in [0.15, 0.2) is 11.3 Å². The van der Waals surface area contributed by atoms with Crippen LogP contribution in [-0.2, 0) is 6.61 Å². The molecule has 0 fully saturated rings. The molecule has 0 saturated carbocycles. The van der Waals surface area contributed by atoms with E-state index in [2.05, 4.69) is 20.4 Å². The van der Waals surface area contributed by atoms with Crippen LogP contribution < -0.4 is 15.2 Å². The van der Waals surface area contributed by atoms with Gasteiger partial charge in [-0.2, -0.15) is 10.3 Å². The molecule has 102 valence electrons. The number of fused-ring (bicyclic) bond motifs is 1. The topological polar surface area (TPSA) is 98.9 Å². The molecule has 7 heteroatoms. The van der Waals surface area contributed by atoms with Crippen LogP contribution in [-0.4, -0.2) is 27.5 Å². The zero-order chi connectivity index (χ0) is 13.9. The van der Waals surface area contributed by atoms with E-state index in [9.17, 15) is 0 Å². The lowest BCUT2D eigenvalue weighted by Crippen LogP contribution is -1.99. The predicted octanol–water partition coefficient (Wildman–Crippen LogP) is 1.52. The Balaban J connectivity index is 1.84. The van der Waals surface area contributed by atoms with Crippen LogP contribution in [0.2, 0.25) is 0 Å². The summed E-state index contributed by atoms with van der Waals surface area (Å²) in [5.41, 5.74) is 7.68. The number of H-pyrrole nitrogens is 1. The highest BCUT2D eigenvalue weighted by molar-refractivity contribution is 5.78. The molecule has 0 unspecified atom stereocenters. The number of ether oxygens (including phenoxy) is 2. The van der Waals surface area contributed by atoms with Gasteiger partial charge in [0.1, 0.15) is 18.2 Å². The van der Waals surface area contributed by atoms with E-state index in [1.54, 1.807) is 13.2 Å². The minimum atomic E-state index is 0.340. The molecule has 0 atom stereocenters. The fourth-order valence-electron chi connectivity index (χ4n) is 1.86. The summed E-state index contributed by atoms with van der Waals surface area (Å²) in [6, 6.07) is 9.27. The molecule has 0 aliphatic carbocycles. The SMILES string of the molecule is COc1cccc(COc2cc(N)nc3n[nH]nc23)c1. The average molecular weight is 271 g/mol. The predicted molar refractivity (Wildman–Crippen MR) is 73.4 cm³/mol. The fourth-order valence-corrected chi connectivity index (χ4v) is 1.86. The quantitative estimate of drug-likeness (QED) is 0.746. The van der Waals surface area contributed by atoms with Crippen LogP contribution in [0, 0.1) is 0 Å². The van der Waals surface area contributed by atoms with E-state index in [0.717, 1.165) is 11.3 Å². The first-order valence-corrected chi connectivity index (χ1v) is 5.99. The Labute approximate surface area is 114 Å². The molecule has 0 amide bonds. The van der Waals surface area contributed by atoms with Crippen molar-refractivity contribution in [1.82, 2.24) is 20.4 Å². The Bertz CT molecular complexity index is 740. The maximum Gasteiger partial charge on any atom is 0.207 e. The molecule has 0 bridgehead atoms. The van der Waals surface area contributed by atoms with Crippen molar-refractivity contribution in [3.63, 3.8) is 0 Å². The molecule has 0 radical (unpaired) electrons. The van der Waals surface area contributed by atoms with E-state index in [1.807, 2.05) is 24.3 Å². The van der Waals surface area contributed by atoms with Gasteiger partial charge in [-0.3, -0.25) is 0 Å². The van der Waals surface area contributed by atoms with Gasteiger partial charge in [-0.25, -0.2) is 4.98 Å². The zero-order valence-corrected chi connectivity index (χ0v) is 10.8. The summed E-state index contributed by atoms with van der Waals surface area (Å²) in [6.45, 7) is 0.378. The Morgan fingerprint density at radius 3 is 3.00 bits per heavy atom. The lowest BCUT2D eigenvalue weighted by Gasteiger charge is -2.08. The van der Waals surface area contributed by atoms with Gasteiger partial charge in [-0.05, 0) is 17.7 Å². The van der Waals surface area contributed by atoms with Crippen molar-refractivity contribution in [1.29, 1.82) is 0 Å². The van der Waals surface area contributed by atoms with Crippen LogP contribution in [0.25, 0.3) is 11.2 Å². The number of hydrogen-bond acceptors (Lipinski definition) is 6. The number of aromatic amines is 1. The Kier molecular flexibility index (Phi) is 3.08. The van der Waals surface area contributed by atoms with Gasteiger partial charge in [0, 0.05) is 6.07 Å². The molecule has 0 spiro atoms. The van der Waals surface area contributed by atoms with Gasteiger partial charge in [0.25, 0.3) is 0 Å². The number of aromatic nitrogens is 4. The number of nitrogens with two attached hydrogens (primary N) is 1. The molecule has 7 nitrogen and oxygen atoms in total. The maximum atomic E-state index is 5.75. The minimum Gasteiger partial charge on any atom is -0.497 e. The number of benzene rings is 1. The first kappa shape index (κ1) is 12.2. The highest BCUT2D eigenvalue weighted by atomic mass is 16.5. The average Bonchev–Trinajstić information content (AvgIpc) is 2.93. The highest BCUT2D eigenvalue weighted by Crippen LogP contribution is 2.24. The number of rotatable bonds is 4. The first-order valence-electron chi connectivity index (χ1n) is 5.99. The maximum absolute atomic E-state index is 5.75. The van der Waals surface area contributed by atoms with Gasteiger partial charge in [-0.15, -0.1) is 5.10 Å². The number of nitrogens with zero attached hydrogens (tertiary/aromatic N) is 3. The van der Waals surface area contributed by atoms with Crippen LogP contribution in [0.3, 0.4) is 0 Å². The lowest BCUT2D eigenvalue weighted by molar-refractivity contribution is 0.308. The smallest absolute Gasteiger partial charge is 0.207 e. The summed E-state index contributed by atoms with van der Waals surface area (Å²) < 4.78 is 10.9. The van der Waals surface area contributed by atoms with E-state index in [1.165, 1.54) is 0 Å². The number of nitrogen functional groups attached to an aromatic ring is 1. The van der Waals surface area contributed by atoms with Crippen molar-refractivity contribution in [2.75, 3.05) is 12.8 Å². The number of hydrogen-bond donors (Lipinski definition) is 2. The Morgan fingerprint density at radius 2 is 2.15 bits per heavy atom. The molecule has 0 aliphatic rings. The molecule has 0 saturated heterocycles. The summed E-state index contributed by atoms with van der Waals surface area (Å²) in [4.78, 5) is 4.05. The van der Waals surface area contributed by atoms with Gasteiger partial charge in [0.2, 0.25) is 5.65 Å².